The Morgan fingerprint density at radius 3 is 2.81 bits per heavy atom. The molecule has 1 fully saturated rings. The first-order valence-electron chi connectivity index (χ1n) is 7.03. The number of hydrogen-bond acceptors (Lipinski definition) is 4. The highest BCUT2D eigenvalue weighted by atomic mass is 35.5. The van der Waals surface area contributed by atoms with Crippen LogP contribution in [0, 0.1) is 12.8 Å². The van der Waals surface area contributed by atoms with Gasteiger partial charge in [0.1, 0.15) is 0 Å². The largest absolute Gasteiger partial charge is 0.398 e. The van der Waals surface area contributed by atoms with Crippen molar-refractivity contribution in [2.45, 2.75) is 31.1 Å². The van der Waals surface area contributed by atoms with Crippen molar-refractivity contribution < 1.29 is 13.5 Å². The lowest BCUT2D eigenvalue weighted by atomic mass is 9.97. The SMILES string of the molecule is Cc1c(N)cc(S(=O)(=O)N2CCCC(CCO)C2)cc1Cl. The van der Waals surface area contributed by atoms with Crippen molar-refractivity contribution in [1.82, 2.24) is 4.31 Å². The molecule has 0 amide bonds. The molecule has 1 aromatic rings. The van der Waals surface area contributed by atoms with Crippen LogP contribution in [0.1, 0.15) is 24.8 Å². The first-order chi connectivity index (χ1) is 9.86. The van der Waals surface area contributed by atoms with E-state index in [2.05, 4.69) is 0 Å². The van der Waals surface area contributed by atoms with E-state index in [-0.39, 0.29) is 17.4 Å². The second kappa shape index (κ2) is 6.52. The van der Waals surface area contributed by atoms with Crippen molar-refractivity contribution in [3.05, 3.63) is 22.7 Å². The van der Waals surface area contributed by atoms with E-state index in [9.17, 15) is 8.42 Å². The van der Waals surface area contributed by atoms with Gasteiger partial charge in [0, 0.05) is 30.4 Å². The van der Waals surface area contributed by atoms with Gasteiger partial charge in [0.2, 0.25) is 10.0 Å². The Bertz CT molecular complexity index is 594. The van der Waals surface area contributed by atoms with Crippen molar-refractivity contribution >= 4 is 27.3 Å². The summed E-state index contributed by atoms with van der Waals surface area (Å²) in [6.45, 7) is 2.78. The summed E-state index contributed by atoms with van der Waals surface area (Å²) in [5.74, 6) is 0.205. The third-order valence-corrected chi connectivity index (χ3v) is 6.25. The minimum Gasteiger partial charge on any atom is -0.398 e. The highest BCUT2D eigenvalue weighted by molar-refractivity contribution is 7.89. The summed E-state index contributed by atoms with van der Waals surface area (Å²) in [7, 11) is -3.59. The zero-order valence-electron chi connectivity index (χ0n) is 12.0. The Hall–Kier alpha value is -0.820. The second-order valence-electron chi connectivity index (χ2n) is 5.50. The molecule has 1 atom stereocenters. The zero-order valence-corrected chi connectivity index (χ0v) is 13.6. The molecule has 0 spiro atoms. The van der Waals surface area contributed by atoms with Crippen molar-refractivity contribution in [2.75, 3.05) is 25.4 Å². The number of nitrogens with zero attached hydrogens (tertiary/aromatic N) is 1. The van der Waals surface area contributed by atoms with Gasteiger partial charge in [-0.25, -0.2) is 8.42 Å². The minimum atomic E-state index is -3.59. The standard InChI is InChI=1S/C14H21ClN2O3S/c1-10-13(15)7-12(8-14(10)16)21(19,20)17-5-2-3-11(9-17)4-6-18/h7-8,11,18H,2-6,9,16H2,1H3. The summed E-state index contributed by atoms with van der Waals surface area (Å²) in [5.41, 5.74) is 6.89. The minimum absolute atomic E-state index is 0.0852. The maximum absolute atomic E-state index is 12.7. The van der Waals surface area contributed by atoms with Crippen LogP contribution in [0.5, 0.6) is 0 Å². The van der Waals surface area contributed by atoms with Crippen molar-refractivity contribution in [1.29, 1.82) is 0 Å². The number of piperidine rings is 1. The first-order valence-corrected chi connectivity index (χ1v) is 8.84. The van der Waals surface area contributed by atoms with E-state index in [1.807, 2.05) is 0 Å². The van der Waals surface area contributed by atoms with Gasteiger partial charge in [-0.2, -0.15) is 4.31 Å². The second-order valence-corrected chi connectivity index (χ2v) is 7.85. The van der Waals surface area contributed by atoms with Crippen LogP contribution >= 0.6 is 11.6 Å². The van der Waals surface area contributed by atoms with E-state index in [0.717, 1.165) is 12.8 Å². The number of hydrogen-bond donors (Lipinski definition) is 2. The van der Waals surface area contributed by atoms with E-state index in [4.69, 9.17) is 22.4 Å². The molecule has 21 heavy (non-hydrogen) atoms. The van der Waals surface area contributed by atoms with Crippen molar-refractivity contribution in [3.63, 3.8) is 0 Å². The van der Waals surface area contributed by atoms with Crippen molar-refractivity contribution in [2.24, 2.45) is 5.92 Å². The maximum Gasteiger partial charge on any atom is 0.243 e. The molecule has 0 radical (unpaired) electrons. The van der Waals surface area contributed by atoms with Gasteiger partial charge >= 0.3 is 0 Å². The smallest absolute Gasteiger partial charge is 0.243 e. The molecule has 0 bridgehead atoms. The fourth-order valence-electron chi connectivity index (χ4n) is 2.64. The fourth-order valence-corrected chi connectivity index (χ4v) is 4.54. The summed E-state index contributed by atoms with van der Waals surface area (Å²) >= 11 is 6.05. The number of aliphatic hydroxyl groups excluding tert-OH is 1. The molecule has 3 N–H and O–H groups in total. The first kappa shape index (κ1) is 16.5. The van der Waals surface area contributed by atoms with E-state index in [1.54, 1.807) is 6.92 Å². The number of sulfonamides is 1. The third kappa shape index (κ3) is 3.51. The monoisotopic (exact) mass is 332 g/mol. The predicted octanol–water partition coefficient (Wildman–Crippen LogP) is 2.01. The van der Waals surface area contributed by atoms with Gasteiger partial charge < -0.3 is 10.8 Å². The normalized spacial score (nSPS) is 20.6. The number of anilines is 1. The van der Waals surface area contributed by atoms with Crippen LogP contribution in [0.3, 0.4) is 0 Å². The van der Waals surface area contributed by atoms with Crippen LogP contribution in [0.25, 0.3) is 0 Å². The van der Waals surface area contributed by atoms with Gasteiger partial charge in [-0.3, -0.25) is 0 Å². The molecule has 1 unspecified atom stereocenters. The average molecular weight is 333 g/mol. The van der Waals surface area contributed by atoms with Gasteiger partial charge in [0.25, 0.3) is 0 Å². The molecule has 0 aromatic heterocycles. The summed E-state index contributed by atoms with van der Waals surface area (Å²) in [5, 5.41) is 9.38. The molecule has 1 saturated heterocycles. The highest BCUT2D eigenvalue weighted by Crippen LogP contribution is 2.30. The Kier molecular flexibility index (Phi) is 5.14. The Morgan fingerprint density at radius 1 is 1.48 bits per heavy atom. The number of nitrogens with two attached hydrogens (primary N) is 1. The summed E-state index contributed by atoms with van der Waals surface area (Å²) in [4.78, 5) is 0.139. The highest BCUT2D eigenvalue weighted by Gasteiger charge is 2.30. The fraction of sp³-hybridized carbons (Fsp3) is 0.571. The molecular formula is C14H21ClN2O3S. The van der Waals surface area contributed by atoms with Crippen LogP contribution in [0.15, 0.2) is 17.0 Å². The van der Waals surface area contributed by atoms with Crippen LogP contribution in [0.2, 0.25) is 5.02 Å². The molecule has 1 aliphatic rings. The number of halogens is 1. The summed E-state index contributed by atoms with van der Waals surface area (Å²) in [6, 6.07) is 2.92. The van der Waals surface area contributed by atoms with Crippen LogP contribution in [-0.4, -0.2) is 37.5 Å². The van der Waals surface area contributed by atoms with E-state index >= 15 is 0 Å². The third-order valence-electron chi connectivity index (χ3n) is 4.01. The summed E-state index contributed by atoms with van der Waals surface area (Å²) < 4.78 is 26.9. The molecule has 1 aliphatic heterocycles. The zero-order chi connectivity index (χ0) is 15.6. The predicted molar refractivity (Wildman–Crippen MR) is 83.8 cm³/mol. The van der Waals surface area contributed by atoms with Crippen LogP contribution in [0.4, 0.5) is 5.69 Å². The lowest BCUT2D eigenvalue weighted by Crippen LogP contribution is -2.40. The number of rotatable bonds is 4. The lowest BCUT2D eigenvalue weighted by molar-refractivity contribution is 0.203. The van der Waals surface area contributed by atoms with Crippen LogP contribution < -0.4 is 5.73 Å². The molecule has 2 rings (SSSR count). The molecule has 118 valence electrons. The van der Waals surface area contributed by atoms with E-state index in [0.29, 0.717) is 35.8 Å². The van der Waals surface area contributed by atoms with Gasteiger partial charge in [0.15, 0.2) is 0 Å². The Labute approximate surface area is 130 Å². The van der Waals surface area contributed by atoms with Crippen molar-refractivity contribution in [3.8, 4) is 0 Å². The molecule has 7 heteroatoms. The number of aliphatic hydroxyl groups is 1. The molecule has 0 saturated carbocycles. The molecular weight excluding hydrogens is 312 g/mol. The molecule has 0 aliphatic carbocycles. The van der Waals surface area contributed by atoms with Gasteiger partial charge in [-0.1, -0.05) is 11.6 Å². The van der Waals surface area contributed by atoms with Crippen LogP contribution in [-0.2, 0) is 10.0 Å². The van der Waals surface area contributed by atoms with E-state index < -0.39 is 10.0 Å². The number of benzene rings is 1. The maximum atomic E-state index is 12.7. The molecule has 1 aromatic carbocycles. The van der Waals surface area contributed by atoms with E-state index in [1.165, 1.54) is 16.4 Å². The Morgan fingerprint density at radius 2 is 2.19 bits per heavy atom. The van der Waals surface area contributed by atoms with Gasteiger partial charge in [0.05, 0.1) is 4.90 Å². The molecule has 1 heterocycles. The van der Waals surface area contributed by atoms with Gasteiger partial charge in [-0.05, 0) is 49.8 Å². The Balaban J connectivity index is 2.29. The molecule has 5 nitrogen and oxygen atoms in total. The van der Waals surface area contributed by atoms with Gasteiger partial charge in [-0.15, -0.1) is 0 Å². The topological polar surface area (TPSA) is 83.6 Å². The summed E-state index contributed by atoms with van der Waals surface area (Å²) in [6.07, 6.45) is 2.38. The number of nitrogen functional groups attached to an aromatic ring is 1. The quantitative estimate of drug-likeness (QED) is 0.826. The lowest BCUT2D eigenvalue weighted by Gasteiger charge is -2.31. The average Bonchev–Trinajstić information content (AvgIpc) is 2.45.